The number of nitrogen functional groups attached to an aromatic ring is 1. The molecule has 0 aliphatic rings. The third-order valence-corrected chi connectivity index (χ3v) is 5.05. The molecule has 4 aromatic rings. The highest BCUT2D eigenvalue weighted by Gasteiger charge is 2.30. The van der Waals surface area contributed by atoms with Crippen LogP contribution in [0.4, 0.5) is 24.7 Å². The number of carbonyl (C=O) groups is 1. The van der Waals surface area contributed by atoms with Crippen LogP contribution in [0.15, 0.2) is 54.9 Å². The molecule has 0 atom stereocenters. The normalized spacial score (nSPS) is 11.8. The number of nitrogens with zero attached hydrogens (tertiary/aromatic N) is 4. The van der Waals surface area contributed by atoms with E-state index in [9.17, 15) is 18.0 Å². The predicted octanol–water partition coefficient (Wildman–Crippen LogP) is 4.86. The number of fused-ring (bicyclic) bond motifs is 1. The second-order valence-corrected chi connectivity index (χ2v) is 7.85. The quantitative estimate of drug-likeness (QED) is 0.449. The minimum Gasteiger partial charge on any atom is -0.383 e. The van der Waals surface area contributed by atoms with E-state index in [-0.39, 0.29) is 18.2 Å². The van der Waals surface area contributed by atoms with Gasteiger partial charge in [0.25, 0.3) is 0 Å². The van der Waals surface area contributed by atoms with E-state index in [1.165, 1.54) is 18.5 Å². The molecule has 3 N–H and O–H groups in total. The number of rotatable bonds is 5. The molecular formula is C23H21F3N6O. The van der Waals surface area contributed by atoms with E-state index in [4.69, 9.17) is 5.73 Å². The standard InChI is InChI=1S/C23H21F3N6O/c1-13(2)32-22-19(21(27)28-12-29-22)20(31-32)15-6-3-5-14(9-15)10-18(33)30-17-8-4-7-16(11-17)23(24,25)26/h3-9,11-13H,10H2,1-2H3,(H,30,33)(H2,27,28,29). The van der Waals surface area contributed by atoms with E-state index in [1.54, 1.807) is 22.9 Å². The Kier molecular flexibility index (Phi) is 5.75. The summed E-state index contributed by atoms with van der Waals surface area (Å²) < 4.78 is 40.5. The fraction of sp³-hybridized carbons (Fsp3) is 0.217. The van der Waals surface area contributed by atoms with Gasteiger partial charge >= 0.3 is 6.18 Å². The Hall–Kier alpha value is -3.95. The fourth-order valence-corrected chi connectivity index (χ4v) is 3.55. The molecule has 0 spiro atoms. The summed E-state index contributed by atoms with van der Waals surface area (Å²) in [6, 6.07) is 11.7. The fourth-order valence-electron chi connectivity index (χ4n) is 3.55. The van der Waals surface area contributed by atoms with Crippen LogP contribution in [0.3, 0.4) is 0 Å². The number of nitrogens with one attached hydrogen (secondary N) is 1. The van der Waals surface area contributed by atoms with Crippen molar-refractivity contribution in [2.24, 2.45) is 0 Å². The number of anilines is 2. The zero-order valence-corrected chi connectivity index (χ0v) is 17.9. The van der Waals surface area contributed by atoms with Gasteiger partial charge in [0.1, 0.15) is 17.8 Å². The molecular weight excluding hydrogens is 433 g/mol. The van der Waals surface area contributed by atoms with E-state index in [0.29, 0.717) is 28.1 Å². The van der Waals surface area contributed by atoms with Crippen molar-refractivity contribution in [1.29, 1.82) is 0 Å². The monoisotopic (exact) mass is 454 g/mol. The van der Waals surface area contributed by atoms with Gasteiger partial charge in [-0.3, -0.25) is 4.79 Å². The summed E-state index contributed by atoms with van der Waals surface area (Å²) in [6.45, 7) is 3.95. The number of halogens is 3. The second kappa shape index (κ2) is 8.53. The van der Waals surface area contributed by atoms with Crippen molar-refractivity contribution in [3.63, 3.8) is 0 Å². The van der Waals surface area contributed by atoms with Crippen LogP contribution in [0.1, 0.15) is 31.0 Å². The molecule has 0 saturated carbocycles. The van der Waals surface area contributed by atoms with Gasteiger partial charge in [0.15, 0.2) is 5.65 Å². The Bertz CT molecular complexity index is 1330. The molecule has 10 heteroatoms. The van der Waals surface area contributed by atoms with Crippen LogP contribution in [0.5, 0.6) is 0 Å². The van der Waals surface area contributed by atoms with Gasteiger partial charge < -0.3 is 11.1 Å². The Morgan fingerprint density at radius 3 is 2.61 bits per heavy atom. The second-order valence-electron chi connectivity index (χ2n) is 7.85. The molecule has 0 saturated heterocycles. The summed E-state index contributed by atoms with van der Waals surface area (Å²) in [5, 5.41) is 7.81. The number of nitrogens with two attached hydrogens (primary N) is 1. The molecule has 0 fully saturated rings. The van der Waals surface area contributed by atoms with Gasteiger partial charge in [-0.2, -0.15) is 18.3 Å². The van der Waals surface area contributed by atoms with Gasteiger partial charge in [-0.05, 0) is 43.7 Å². The van der Waals surface area contributed by atoms with Crippen LogP contribution in [0.2, 0.25) is 0 Å². The first-order chi connectivity index (χ1) is 15.6. The first-order valence-corrected chi connectivity index (χ1v) is 10.2. The smallest absolute Gasteiger partial charge is 0.383 e. The van der Waals surface area contributed by atoms with Gasteiger partial charge in [0, 0.05) is 17.3 Å². The minimum atomic E-state index is -4.48. The number of carbonyl (C=O) groups excluding carboxylic acids is 1. The van der Waals surface area contributed by atoms with Gasteiger partial charge in [0.05, 0.1) is 17.4 Å². The zero-order valence-electron chi connectivity index (χ0n) is 17.9. The third kappa shape index (κ3) is 4.64. The van der Waals surface area contributed by atoms with Crippen LogP contribution in [-0.2, 0) is 17.4 Å². The number of benzene rings is 2. The summed E-state index contributed by atoms with van der Waals surface area (Å²) in [5.74, 6) is -0.138. The van der Waals surface area contributed by atoms with Gasteiger partial charge in [-0.25, -0.2) is 14.6 Å². The molecule has 2 heterocycles. The van der Waals surface area contributed by atoms with Crippen molar-refractivity contribution in [2.45, 2.75) is 32.5 Å². The van der Waals surface area contributed by atoms with E-state index in [2.05, 4.69) is 20.4 Å². The minimum absolute atomic E-state index is 0.0289. The SMILES string of the molecule is CC(C)n1nc(-c2cccc(CC(=O)Nc3cccc(C(F)(F)F)c3)c2)c2c(N)ncnc21. The third-order valence-electron chi connectivity index (χ3n) is 5.05. The molecule has 0 bridgehead atoms. The maximum Gasteiger partial charge on any atom is 0.416 e. The van der Waals surface area contributed by atoms with E-state index in [0.717, 1.165) is 17.7 Å². The average Bonchev–Trinajstić information content (AvgIpc) is 3.15. The Labute approximate surface area is 187 Å². The van der Waals surface area contributed by atoms with Crippen LogP contribution in [-0.4, -0.2) is 25.7 Å². The molecule has 0 radical (unpaired) electrons. The first kappa shape index (κ1) is 22.3. The Morgan fingerprint density at radius 2 is 1.88 bits per heavy atom. The highest BCUT2D eigenvalue weighted by atomic mass is 19.4. The van der Waals surface area contributed by atoms with Gasteiger partial charge in [-0.1, -0.05) is 24.3 Å². The summed E-state index contributed by atoms with van der Waals surface area (Å²) >= 11 is 0. The van der Waals surface area contributed by atoms with Crippen LogP contribution in [0, 0.1) is 0 Å². The lowest BCUT2D eigenvalue weighted by Gasteiger charge is -2.10. The topological polar surface area (TPSA) is 98.7 Å². The molecule has 170 valence electrons. The maximum absolute atomic E-state index is 12.9. The van der Waals surface area contributed by atoms with Crippen molar-refractivity contribution in [3.05, 3.63) is 66.0 Å². The molecule has 0 aliphatic heterocycles. The molecule has 7 nitrogen and oxygen atoms in total. The van der Waals surface area contributed by atoms with E-state index >= 15 is 0 Å². The van der Waals surface area contributed by atoms with Crippen molar-refractivity contribution >= 4 is 28.4 Å². The molecule has 0 aliphatic carbocycles. The Balaban J connectivity index is 1.60. The van der Waals surface area contributed by atoms with Crippen LogP contribution >= 0.6 is 0 Å². The van der Waals surface area contributed by atoms with Crippen molar-refractivity contribution in [2.75, 3.05) is 11.1 Å². The van der Waals surface area contributed by atoms with Crippen LogP contribution < -0.4 is 11.1 Å². The van der Waals surface area contributed by atoms with Gasteiger partial charge in [-0.15, -0.1) is 0 Å². The van der Waals surface area contributed by atoms with Crippen molar-refractivity contribution < 1.29 is 18.0 Å². The van der Waals surface area contributed by atoms with Gasteiger partial charge in [0.2, 0.25) is 5.91 Å². The number of alkyl halides is 3. The summed E-state index contributed by atoms with van der Waals surface area (Å²) in [4.78, 5) is 20.9. The number of hydrogen-bond acceptors (Lipinski definition) is 5. The lowest BCUT2D eigenvalue weighted by molar-refractivity contribution is -0.137. The summed E-state index contributed by atoms with van der Waals surface area (Å²) in [5.41, 5.74) is 7.96. The van der Waals surface area contributed by atoms with E-state index < -0.39 is 17.6 Å². The van der Waals surface area contributed by atoms with Crippen molar-refractivity contribution in [3.8, 4) is 11.3 Å². The molecule has 2 aromatic carbocycles. The van der Waals surface area contributed by atoms with Crippen LogP contribution in [0.25, 0.3) is 22.3 Å². The predicted molar refractivity (Wildman–Crippen MR) is 119 cm³/mol. The lowest BCUT2D eigenvalue weighted by Crippen LogP contribution is -2.15. The number of amides is 1. The molecule has 33 heavy (non-hydrogen) atoms. The highest BCUT2D eigenvalue weighted by molar-refractivity contribution is 5.98. The molecule has 0 unspecified atom stereocenters. The Morgan fingerprint density at radius 1 is 1.12 bits per heavy atom. The maximum atomic E-state index is 12.9. The average molecular weight is 454 g/mol. The van der Waals surface area contributed by atoms with Crippen molar-refractivity contribution in [1.82, 2.24) is 19.7 Å². The molecule has 4 rings (SSSR count). The van der Waals surface area contributed by atoms with E-state index in [1.807, 2.05) is 19.9 Å². The molecule has 2 aromatic heterocycles. The lowest BCUT2D eigenvalue weighted by atomic mass is 10.0. The number of hydrogen-bond donors (Lipinski definition) is 2. The summed E-state index contributed by atoms with van der Waals surface area (Å²) in [7, 11) is 0. The highest BCUT2D eigenvalue weighted by Crippen LogP contribution is 2.32. The zero-order chi connectivity index (χ0) is 23.8. The number of aromatic nitrogens is 4. The molecule has 1 amide bonds. The largest absolute Gasteiger partial charge is 0.416 e. The summed E-state index contributed by atoms with van der Waals surface area (Å²) in [6.07, 6.45) is -3.13. The first-order valence-electron chi connectivity index (χ1n) is 10.2.